The van der Waals surface area contributed by atoms with Crippen LogP contribution in [-0.2, 0) is 4.79 Å². The first-order chi connectivity index (χ1) is 19.3. The fraction of sp³-hybridized carbons (Fsp3) is 0.200. The molecule has 4 aromatic rings. The molecule has 2 heterocycles. The number of nitrogens with one attached hydrogen (secondary N) is 2. The number of carbonyl (C=O) groups excluding carboxylic acids is 2. The third-order valence-corrected chi connectivity index (χ3v) is 6.27. The Morgan fingerprint density at radius 2 is 1.77 bits per heavy atom. The molecular formula is C30H33N7O3. The van der Waals surface area contributed by atoms with Crippen molar-refractivity contribution >= 4 is 34.6 Å². The van der Waals surface area contributed by atoms with Gasteiger partial charge in [0.15, 0.2) is 5.78 Å². The van der Waals surface area contributed by atoms with E-state index in [0.717, 1.165) is 24.5 Å². The SMILES string of the molecule is C=CC(=O)Nc1cc(Nc2cc(C(=O)c3ccc(-n4ccnc4)cc3)ccn2)c(OC)cc1N(C)CCN(C)C. The lowest BCUT2D eigenvalue weighted by Crippen LogP contribution is -2.29. The summed E-state index contributed by atoms with van der Waals surface area (Å²) in [6.07, 6.45) is 8.04. The fourth-order valence-electron chi connectivity index (χ4n) is 4.05. The number of benzene rings is 2. The molecule has 0 bridgehead atoms. The molecule has 0 spiro atoms. The van der Waals surface area contributed by atoms with Crippen LogP contribution in [0.3, 0.4) is 0 Å². The summed E-state index contributed by atoms with van der Waals surface area (Å²) in [5.41, 5.74) is 3.89. The van der Waals surface area contributed by atoms with Crippen molar-refractivity contribution in [2.45, 2.75) is 0 Å². The molecule has 0 fully saturated rings. The summed E-state index contributed by atoms with van der Waals surface area (Å²) in [7, 11) is 7.54. The zero-order valence-electron chi connectivity index (χ0n) is 23.1. The van der Waals surface area contributed by atoms with Crippen LogP contribution >= 0.6 is 0 Å². The number of hydrogen-bond acceptors (Lipinski definition) is 8. The molecule has 0 unspecified atom stereocenters. The van der Waals surface area contributed by atoms with Crippen molar-refractivity contribution < 1.29 is 14.3 Å². The van der Waals surface area contributed by atoms with Gasteiger partial charge < -0.3 is 29.7 Å². The van der Waals surface area contributed by atoms with Gasteiger partial charge in [0.25, 0.3) is 0 Å². The van der Waals surface area contributed by atoms with E-state index in [-0.39, 0.29) is 11.7 Å². The van der Waals surface area contributed by atoms with Crippen LogP contribution in [-0.4, -0.2) is 72.5 Å². The van der Waals surface area contributed by atoms with E-state index in [1.165, 1.54) is 6.08 Å². The predicted octanol–water partition coefficient (Wildman–Crippen LogP) is 4.37. The second-order valence-corrected chi connectivity index (χ2v) is 9.39. The van der Waals surface area contributed by atoms with Gasteiger partial charge in [0.2, 0.25) is 5.91 Å². The molecule has 10 heteroatoms. The molecule has 2 N–H and O–H groups in total. The van der Waals surface area contributed by atoms with Crippen LogP contribution in [0.2, 0.25) is 0 Å². The third-order valence-electron chi connectivity index (χ3n) is 6.27. The molecule has 0 aliphatic heterocycles. The maximum absolute atomic E-state index is 13.2. The fourth-order valence-corrected chi connectivity index (χ4v) is 4.05. The second kappa shape index (κ2) is 12.7. The molecular weight excluding hydrogens is 506 g/mol. The molecule has 10 nitrogen and oxygen atoms in total. The van der Waals surface area contributed by atoms with E-state index in [1.54, 1.807) is 56.2 Å². The molecule has 0 radical (unpaired) electrons. The zero-order chi connectivity index (χ0) is 28.6. The largest absolute Gasteiger partial charge is 0.494 e. The summed E-state index contributed by atoms with van der Waals surface area (Å²) in [4.78, 5) is 38.1. The van der Waals surface area contributed by atoms with E-state index in [1.807, 2.05) is 55.0 Å². The van der Waals surface area contributed by atoms with Crippen molar-refractivity contribution in [1.82, 2.24) is 19.4 Å². The summed E-state index contributed by atoms with van der Waals surface area (Å²) in [5.74, 6) is 0.542. The maximum atomic E-state index is 13.2. The Balaban J connectivity index is 1.60. The number of amides is 1. The minimum atomic E-state index is -0.330. The van der Waals surface area contributed by atoms with Crippen molar-refractivity contribution in [2.24, 2.45) is 0 Å². The molecule has 0 saturated heterocycles. The van der Waals surface area contributed by atoms with Gasteiger partial charge >= 0.3 is 0 Å². The van der Waals surface area contributed by atoms with Crippen LogP contribution in [0.25, 0.3) is 5.69 Å². The minimum Gasteiger partial charge on any atom is -0.494 e. The molecule has 0 aliphatic carbocycles. The molecule has 2 aromatic heterocycles. The number of hydrogen-bond donors (Lipinski definition) is 2. The number of methoxy groups -OCH3 is 1. The normalized spacial score (nSPS) is 10.7. The number of rotatable bonds is 12. The van der Waals surface area contributed by atoms with Gasteiger partial charge in [-0.3, -0.25) is 9.59 Å². The third kappa shape index (κ3) is 6.72. The van der Waals surface area contributed by atoms with Crippen LogP contribution < -0.4 is 20.3 Å². The summed E-state index contributed by atoms with van der Waals surface area (Å²) >= 11 is 0. The predicted molar refractivity (Wildman–Crippen MR) is 158 cm³/mol. The highest BCUT2D eigenvalue weighted by molar-refractivity contribution is 6.09. The summed E-state index contributed by atoms with van der Waals surface area (Å²) < 4.78 is 7.54. The number of nitrogens with zero attached hydrogens (tertiary/aromatic N) is 5. The number of carbonyl (C=O) groups is 2. The Morgan fingerprint density at radius 1 is 1.00 bits per heavy atom. The molecule has 0 saturated carbocycles. The number of ketones is 1. The Labute approximate surface area is 233 Å². The number of imidazole rings is 1. The second-order valence-electron chi connectivity index (χ2n) is 9.39. The molecule has 40 heavy (non-hydrogen) atoms. The summed E-state index contributed by atoms with van der Waals surface area (Å²) in [5, 5.41) is 6.13. The average Bonchev–Trinajstić information content (AvgIpc) is 3.51. The molecule has 206 valence electrons. The lowest BCUT2D eigenvalue weighted by Gasteiger charge is -2.26. The molecule has 0 atom stereocenters. The van der Waals surface area contributed by atoms with Crippen molar-refractivity contribution in [3.8, 4) is 11.4 Å². The molecule has 4 rings (SSSR count). The van der Waals surface area contributed by atoms with E-state index in [0.29, 0.717) is 34.1 Å². The Morgan fingerprint density at radius 3 is 2.42 bits per heavy atom. The number of ether oxygens (including phenoxy) is 1. The number of likely N-dealkylation sites (N-methyl/N-ethyl adjacent to an activating group) is 2. The average molecular weight is 540 g/mol. The highest BCUT2D eigenvalue weighted by atomic mass is 16.5. The topological polar surface area (TPSA) is 105 Å². The van der Waals surface area contributed by atoms with Crippen LogP contribution in [0.5, 0.6) is 5.75 Å². The highest BCUT2D eigenvalue weighted by Gasteiger charge is 2.17. The van der Waals surface area contributed by atoms with Gasteiger partial charge in [0, 0.05) is 61.6 Å². The van der Waals surface area contributed by atoms with Gasteiger partial charge in [-0.15, -0.1) is 0 Å². The number of aromatic nitrogens is 3. The Hall–Kier alpha value is -4.96. The Kier molecular flexibility index (Phi) is 8.93. The Bertz CT molecular complexity index is 1480. The first-order valence-corrected chi connectivity index (χ1v) is 12.7. The minimum absolute atomic E-state index is 0.133. The van der Waals surface area contributed by atoms with Gasteiger partial charge in [-0.1, -0.05) is 6.58 Å². The van der Waals surface area contributed by atoms with E-state index in [9.17, 15) is 9.59 Å². The van der Waals surface area contributed by atoms with Crippen molar-refractivity contribution in [2.75, 3.05) is 56.9 Å². The van der Waals surface area contributed by atoms with Crippen LogP contribution in [0, 0.1) is 0 Å². The van der Waals surface area contributed by atoms with E-state index in [4.69, 9.17) is 4.74 Å². The lowest BCUT2D eigenvalue weighted by molar-refractivity contribution is -0.111. The van der Waals surface area contributed by atoms with Gasteiger partial charge in [0.1, 0.15) is 11.6 Å². The van der Waals surface area contributed by atoms with E-state index in [2.05, 4.69) is 32.1 Å². The first kappa shape index (κ1) is 28.1. The maximum Gasteiger partial charge on any atom is 0.247 e. The molecule has 0 aliphatic rings. The monoisotopic (exact) mass is 539 g/mol. The van der Waals surface area contributed by atoms with Gasteiger partial charge in [-0.05, 0) is 62.6 Å². The summed E-state index contributed by atoms with van der Waals surface area (Å²) in [6, 6.07) is 14.3. The van der Waals surface area contributed by atoms with E-state index >= 15 is 0 Å². The van der Waals surface area contributed by atoms with Gasteiger partial charge in [-0.25, -0.2) is 9.97 Å². The number of anilines is 4. The molecule has 1 amide bonds. The van der Waals surface area contributed by atoms with Crippen molar-refractivity contribution in [3.63, 3.8) is 0 Å². The van der Waals surface area contributed by atoms with Crippen molar-refractivity contribution in [3.05, 3.63) is 97.2 Å². The van der Waals surface area contributed by atoms with Gasteiger partial charge in [-0.2, -0.15) is 0 Å². The van der Waals surface area contributed by atoms with Gasteiger partial charge in [0.05, 0.1) is 30.5 Å². The van der Waals surface area contributed by atoms with Crippen LogP contribution in [0.4, 0.5) is 22.9 Å². The quantitative estimate of drug-likeness (QED) is 0.202. The molecule has 2 aromatic carbocycles. The zero-order valence-corrected chi connectivity index (χ0v) is 23.1. The van der Waals surface area contributed by atoms with Crippen LogP contribution in [0.1, 0.15) is 15.9 Å². The van der Waals surface area contributed by atoms with Crippen molar-refractivity contribution in [1.29, 1.82) is 0 Å². The highest BCUT2D eigenvalue weighted by Crippen LogP contribution is 2.38. The lowest BCUT2D eigenvalue weighted by atomic mass is 10.0. The van der Waals surface area contributed by atoms with E-state index < -0.39 is 0 Å². The number of pyridine rings is 1. The standard InChI is InChI=1S/C30H33N7O3/c1-6-29(38)34-24-18-25(27(40-5)19-26(24)36(4)16-15-35(2)3)33-28-17-22(11-12-32-28)30(39)21-7-9-23(10-8-21)37-14-13-31-20-37/h6-14,17-20H,1,15-16H2,2-5H3,(H,32,33)(H,34,38). The first-order valence-electron chi connectivity index (χ1n) is 12.7. The van der Waals surface area contributed by atoms with Crippen LogP contribution in [0.15, 0.2) is 86.1 Å². The smallest absolute Gasteiger partial charge is 0.247 e. The summed E-state index contributed by atoms with van der Waals surface area (Å²) in [6.45, 7) is 5.12.